The summed E-state index contributed by atoms with van der Waals surface area (Å²) < 4.78 is 4.63. The Balaban J connectivity index is 3.08. The van der Waals surface area contributed by atoms with Crippen LogP contribution in [0.1, 0.15) is 46.0 Å². The van der Waals surface area contributed by atoms with Crippen molar-refractivity contribution in [1.29, 1.82) is 0 Å². The Morgan fingerprint density at radius 2 is 2.08 bits per heavy atom. The van der Waals surface area contributed by atoms with Crippen LogP contribution in [0.5, 0.6) is 0 Å². The zero-order valence-electron chi connectivity index (χ0n) is 8.01. The second-order valence-corrected chi connectivity index (χ2v) is 2.83. The van der Waals surface area contributed by atoms with Crippen molar-refractivity contribution in [2.75, 3.05) is 0 Å². The van der Waals surface area contributed by atoms with Crippen LogP contribution in [0.3, 0.4) is 0 Å². The van der Waals surface area contributed by atoms with E-state index in [1.807, 2.05) is 6.08 Å². The smallest absolute Gasteiger partial charge is 0.307 e. The summed E-state index contributed by atoms with van der Waals surface area (Å²) in [5.41, 5.74) is 0. The average Bonchev–Trinajstić information content (AvgIpc) is 2.02. The highest BCUT2D eigenvalue weighted by Crippen LogP contribution is 2.02. The number of unbranched alkanes of at least 4 members (excludes halogenated alkanes) is 4. The molecule has 0 spiro atoms. The van der Waals surface area contributed by atoms with Crippen molar-refractivity contribution >= 4 is 5.97 Å². The first-order chi connectivity index (χ1) is 5.77. The number of hydrogen-bond acceptors (Lipinski definition) is 2. The molecule has 0 heterocycles. The molecule has 2 nitrogen and oxygen atoms in total. The van der Waals surface area contributed by atoms with Crippen molar-refractivity contribution in [1.82, 2.24) is 0 Å². The number of rotatable bonds is 6. The Bertz CT molecular complexity index is 139. The van der Waals surface area contributed by atoms with Crippen LogP contribution in [0.15, 0.2) is 12.3 Å². The minimum absolute atomic E-state index is 0.250. The highest BCUT2D eigenvalue weighted by molar-refractivity contribution is 5.66. The molecule has 0 saturated carbocycles. The lowest BCUT2D eigenvalue weighted by molar-refractivity contribution is -0.135. The van der Waals surface area contributed by atoms with E-state index in [2.05, 4.69) is 11.7 Å². The van der Waals surface area contributed by atoms with Gasteiger partial charge >= 0.3 is 5.97 Å². The number of carbonyl (C=O) groups is 1. The lowest BCUT2D eigenvalue weighted by Crippen LogP contribution is -1.89. The normalized spacial score (nSPS) is 10.5. The Labute approximate surface area is 74.6 Å². The van der Waals surface area contributed by atoms with Crippen molar-refractivity contribution in [3.63, 3.8) is 0 Å². The second kappa shape index (κ2) is 8.31. The number of carbonyl (C=O) groups excluding carboxylic acids is 1. The fraction of sp³-hybridized carbons (Fsp3) is 0.700. The van der Waals surface area contributed by atoms with Gasteiger partial charge in [-0.15, -0.1) is 0 Å². The van der Waals surface area contributed by atoms with Gasteiger partial charge in [0, 0.05) is 6.92 Å². The molecule has 0 aliphatic rings. The molecule has 0 unspecified atom stereocenters. The summed E-state index contributed by atoms with van der Waals surface area (Å²) in [6.07, 6.45) is 9.39. The quantitative estimate of drug-likeness (QED) is 0.348. The van der Waals surface area contributed by atoms with E-state index in [-0.39, 0.29) is 5.97 Å². The Morgan fingerprint density at radius 3 is 2.67 bits per heavy atom. The molecule has 0 N–H and O–H groups in total. The predicted octanol–water partition coefficient (Wildman–Crippen LogP) is 3.03. The molecule has 0 amide bonds. The SMILES string of the molecule is CCCCCCC=COC(C)=O. The van der Waals surface area contributed by atoms with Crippen LogP contribution in [-0.2, 0) is 9.53 Å². The maximum absolute atomic E-state index is 10.3. The first-order valence-electron chi connectivity index (χ1n) is 4.59. The van der Waals surface area contributed by atoms with Crippen LogP contribution in [0, 0.1) is 0 Å². The number of esters is 1. The predicted molar refractivity (Wildman–Crippen MR) is 49.7 cm³/mol. The van der Waals surface area contributed by atoms with Crippen LogP contribution in [0.2, 0.25) is 0 Å². The van der Waals surface area contributed by atoms with Crippen molar-refractivity contribution in [2.45, 2.75) is 46.0 Å². The Hall–Kier alpha value is -0.790. The fourth-order valence-corrected chi connectivity index (χ4v) is 0.901. The Kier molecular flexibility index (Phi) is 7.76. The van der Waals surface area contributed by atoms with Gasteiger partial charge in [0.2, 0.25) is 0 Å². The summed E-state index contributed by atoms with van der Waals surface area (Å²) in [7, 11) is 0. The third kappa shape index (κ3) is 9.21. The topological polar surface area (TPSA) is 26.3 Å². The molecule has 0 saturated heterocycles. The van der Waals surface area contributed by atoms with E-state index < -0.39 is 0 Å². The van der Waals surface area contributed by atoms with Gasteiger partial charge < -0.3 is 4.74 Å². The van der Waals surface area contributed by atoms with Crippen molar-refractivity contribution in [3.8, 4) is 0 Å². The van der Waals surface area contributed by atoms with Crippen LogP contribution in [0.4, 0.5) is 0 Å². The highest BCUT2D eigenvalue weighted by atomic mass is 16.5. The molecule has 0 aromatic carbocycles. The second-order valence-electron chi connectivity index (χ2n) is 2.83. The van der Waals surface area contributed by atoms with E-state index >= 15 is 0 Å². The van der Waals surface area contributed by atoms with E-state index in [0.717, 1.165) is 6.42 Å². The molecule has 0 atom stereocenters. The summed E-state index contributed by atoms with van der Waals surface area (Å²) in [5.74, 6) is -0.250. The molecule has 12 heavy (non-hydrogen) atoms. The van der Waals surface area contributed by atoms with Gasteiger partial charge in [-0.3, -0.25) is 4.79 Å². The molecule has 2 heteroatoms. The van der Waals surface area contributed by atoms with E-state index in [0.29, 0.717) is 0 Å². The lowest BCUT2D eigenvalue weighted by atomic mass is 10.1. The van der Waals surface area contributed by atoms with Gasteiger partial charge in [0.05, 0.1) is 6.26 Å². The minimum atomic E-state index is -0.250. The molecule has 0 fully saturated rings. The molecule has 70 valence electrons. The van der Waals surface area contributed by atoms with Crippen molar-refractivity contribution in [2.24, 2.45) is 0 Å². The van der Waals surface area contributed by atoms with E-state index in [1.165, 1.54) is 38.9 Å². The third-order valence-electron chi connectivity index (χ3n) is 1.55. The van der Waals surface area contributed by atoms with Crippen molar-refractivity contribution < 1.29 is 9.53 Å². The van der Waals surface area contributed by atoms with Gasteiger partial charge in [0.25, 0.3) is 0 Å². The van der Waals surface area contributed by atoms with Gasteiger partial charge in [-0.1, -0.05) is 26.2 Å². The summed E-state index contributed by atoms with van der Waals surface area (Å²) >= 11 is 0. The molecule has 0 rings (SSSR count). The molecule has 0 aliphatic heterocycles. The van der Waals surface area contributed by atoms with Gasteiger partial charge in [0.1, 0.15) is 0 Å². The van der Waals surface area contributed by atoms with E-state index in [4.69, 9.17) is 0 Å². The summed E-state index contributed by atoms with van der Waals surface area (Å²) in [5, 5.41) is 0. The highest BCUT2D eigenvalue weighted by Gasteiger charge is 1.86. The van der Waals surface area contributed by atoms with Gasteiger partial charge in [-0.25, -0.2) is 0 Å². The molecule has 0 radical (unpaired) electrons. The maximum Gasteiger partial charge on any atom is 0.307 e. The summed E-state index contributed by atoms with van der Waals surface area (Å²) in [6, 6.07) is 0. The lowest BCUT2D eigenvalue weighted by Gasteiger charge is -1.94. The minimum Gasteiger partial charge on any atom is -0.435 e. The zero-order valence-corrected chi connectivity index (χ0v) is 8.01. The number of ether oxygens (including phenoxy) is 1. The van der Waals surface area contributed by atoms with E-state index in [1.54, 1.807) is 0 Å². The molecule has 0 bridgehead atoms. The van der Waals surface area contributed by atoms with Gasteiger partial charge in [0.15, 0.2) is 0 Å². The molecule has 0 aromatic rings. The number of allylic oxidation sites excluding steroid dienone is 1. The third-order valence-corrected chi connectivity index (χ3v) is 1.55. The fourth-order valence-electron chi connectivity index (χ4n) is 0.901. The van der Waals surface area contributed by atoms with Crippen LogP contribution < -0.4 is 0 Å². The number of hydrogen-bond donors (Lipinski definition) is 0. The summed E-state index contributed by atoms with van der Waals surface area (Å²) in [4.78, 5) is 10.3. The standard InChI is InChI=1S/C10H18O2/c1-3-4-5-6-7-8-9-12-10(2)11/h8-9H,3-7H2,1-2H3. The van der Waals surface area contributed by atoms with Crippen molar-refractivity contribution in [3.05, 3.63) is 12.3 Å². The maximum atomic E-state index is 10.3. The van der Waals surface area contributed by atoms with Crippen LogP contribution >= 0.6 is 0 Å². The zero-order chi connectivity index (χ0) is 9.23. The van der Waals surface area contributed by atoms with Crippen LogP contribution in [0.25, 0.3) is 0 Å². The average molecular weight is 170 g/mol. The summed E-state index contributed by atoms with van der Waals surface area (Å²) in [6.45, 7) is 3.59. The first-order valence-corrected chi connectivity index (χ1v) is 4.59. The van der Waals surface area contributed by atoms with E-state index in [9.17, 15) is 4.79 Å². The Morgan fingerprint density at radius 1 is 1.33 bits per heavy atom. The van der Waals surface area contributed by atoms with Gasteiger partial charge in [-0.2, -0.15) is 0 Å². The largest absolute Gasteiger partial charge is 0.435 e. The molecule has 0 aliphatic carbocycles. The van der Waals surface area contributed by atoms with Gasteiger partial charge in [-0.05, 0) is 18.9 Å². The molecule has 0 aromatic heterocycles. The molecular formula is C10H18O2. The monoisotopic (exact) mass is 170 g/mol. The first kappa shape index (κ1) is 11.2. The van der Waals surface area contributed by atoms with Crippen LogP contribution in [-0.4, -0.2) is 5.97 Å². The molecular weight excluding hydrogens is 152 g/mol.